The van der Waals surface area contributed by atoms with Gasteiger partial charge in [0.1, 0.15) is 5.69 Å². The van der Waals surface area contributed by atoms with E-state index in [4.69, 9.17) is 0 Å². The van der Waals surface area contributed by atoms with Gasteiger partial charge in [0.15, 0.2) is 5.78 Å². The monoisotopic (exact) mass is 217 g/mol. The minimum Gasteiger partial charge on any atom is -0.289 e. The van der Waals surface area contributed by atoms with Crippen LogP contribution in [0.15, 0.2) is 23.8 Å². The van der Waals surface area contributed by atoms with Gasteiger partial charge in [0, 0.05) is 11.3 Å². The maximum absolute atomic E-state index is 11.6. The molecule has 0 fully saturated rings. The van der Waals surface area contributed by atoms with E-state index in [1.54, 1.807) is 26.0 Å². The SMILES string of the molecule is CC.CC1=CC(=O)c2ccc(C)nc2C1=O. The fraction of sp³-hybridized carbons (Fsp3) is 0.308. The Labute approximate surface area is 95.2 Å². The van der Waals surface area contributed by atoms with Crippen LogP contribution in [0.2, 0.25) is 0 Å². The number of nitrogens with zero attached hydrogens (tertiary/aromatic N) is 1. The molecule has 1 aromatic rings. The van der Waals surface area contributed by atoms with Crippen LogP contribution < -0.4 is 0 Å². The molecule has 0 amide bonds. The minimum absolute atomic E-state index is 0.135. The van der Waals surface area contributed by atoms with E-state index in [0.29, 0.717) is 11.1 Å². The minimum atomic E-state index is -0.150. The Hall–Kier alpha value is -1.77. The topological polar surface area (TPSA) is 47.0 Å². The van der Waals surface area contributed by atoms with Gasteiger partial charge in [-0.2, -0.15) is 0 Å². The molecule has 1 heterocycles. The Bertz CT molecular complexity index is 473. The van der Waals surface area contributed by atoms with E-state index in [2.05, 4.69) is 4.98 Å². The lowest BCUT2D eigenvalue weighted by atomic mass is 9.94. The molecule has 0 saturated heterocycles. The number of fused-ring (bicyclic) bond motifs is 1. The number of carbonyl (C=O) groups excluding carboxylic acids is 2. The Morgan fingerprint density at radius 3 is 2.31 bits per heavy atom. The highest BCUT2D eigenvalue weighted by Crippen LogP contribution is 2.19. The molecule has 0 bridgehead atoms. The highest BCUT2D eigenvalue weighted by atomic mass is 16.1. The van der Waals surface area contributed by atoms with Gasteiger partial charge in [-0.05, 0) is 32.1 Å². The summed E-state index contributed by atoms with van der Waals surface area (Å²) in [6.45, 7) is 7.43. The van der Waals surface area contributed by atoms with Crippen LogP contribution in [-0.2, 0) is 0 Å². The zero-order chi connectivity index (χ0) is 12.3. The largest absolute Gasteiger partial charge is 0.289 e. The van der Waals surface area contributed by atoms with Crippen LogP contribution >= 0.6 is 0 Å². The molecule has 16 heavy (non-hydrogen) atoms. The molecule has 2 rings (SSSR count). The summed E-state index contributed by atoms with van der Waals surface area (Å²) in [6, 6.07) is 3.39. The van der Waals surface area contributed by atoms with E-state index in [-0.39, 0.29) is 17.3 Å². The van der Waals surface area contributed by atoms with Crippen molar-refractivity contribution in [2.75, 3.05) is 0 Å². The molecule has 0 aliphatic heterocycles. The van der Waals surface area contributed by atoms with Gasteiger partial charge >= 0.3 is 0 Å². The number of Topliss-reactive ketones (excluding diaryl/α,β-unsaturated/α-hetero) is 1. The van der Waals surface area contributed by atoms with Crippen molar-refractivity contribution in [3.63, 3.8) is 0 Å². The quantitative estimate of drug-likeness (QED) is 0.671. The van der Waals surface area contributed by atoms with Gasteiger partial charge < -0.3 is 0 Å². The molecule has 0 radical (unpaired) electrons. The first kappa shape index (κ1) is 12.3. The van der Waals surface area contributed by atoms with Gasteiger partial charge in [0.05, 0.1) is 5.56 Å². The number of ketones is 2. The number of aromatic nitrogens is 1. The van der Waals surface area contributed by atoms with Crippen LogP contribution in [0.4, 0.5) is 0 Å². The van der Waals surface area contributed by atoms with Gasteiger partial charge in [-0.1, -0.05) is 13.8 Å². The molecule has 3 nitrogen and oxygen atoms in total. The normalized spacial score (nSPS) is 13.6. The number of allylic oxidation sites excluding steroid dienone is 2. The number of hydrogen-bond donors (Lipinski definition) is 0. The number of aryl methyl sites for hydroxylation is 1. The molecule has 0 spiro atoms. The van der Waals surface area contributed by atoms with E-state index in [9.17, 15) is 9.59 Å². The predicted molar refractivity (Wildman–Crippen MR) is 62.7 cm³/mol. The van der Waals surface area contributed by atoms with Crippen LogP contribution in [-0.4, -0.2) is 16.6 Å². The summed E-state index contributed by atoms with van der Waals surface area (Å²) < 4.78 is 0. The molecule has 0 saturated carbocycles. The fourth-order valence-corrected chi connectivity index (χ4v) is 1.46. The third kappa shape index (κ3) is 2.08. The molecule has 3 heteroatoms. The second-order valence-electron chi connectivity index (χ2n) is 3.37. The summed E-state index contributed by atoms with van der Waals surface area (Å²) >= 11 is 0. The van der Waals surface area contributed by atoms with Crippen molar-refractivity contribution in [1.82, 2.24) is 4.98 Å². The van der Waals surface area contributed by atoms with Gasteiger partial charge in [-0.15, -0.1) is 0 Å². The Kier molecular flexibility index (Phi) is 3.72. The standard InChI is InChI=1S/C11H9NO2.C2H6/c1-6-5-9(13)8-4-3-7(2)12-10(8)11(6)14;1-2/h3-5H,1-2H3;1-2H3. The summed E-state index contributed by atoms with van der Waals surface area (Å²) in [5.41, 5.74) is 1.90. The number of hydrogen-bond acceptors (Lipinski definition) is 3. The fourth-order valence-electron chi connectivity index (χ4n) is 1.46. The number of pyridine rings is 1. The van der Waals surface area contributed by atoms with Crippen molar-refractivity contribution in [3.8, 4) is 0 Å². The second-order valence-corrected chi connectivity index (χ2v) is 3.37. The molecule has 0 aromatic carbocycles. The van der Waals surface area contributed by atoms with Crippen LogP contribution in [0.5, 0.6) is 0 Å². The van der Waals surface area contributed by atoms with Crippen LogP contribution in [0, 0.1) is 6.92 Å². The highest BCUT2D eigenvalue weighted by molar-refractivity contribution is 6.23. The summed E-state index contributed by atoms with van der Waals surface area (Å²) in [6.07, 6.45) is 1.36. The van der Waals surface area contributed by atoms with Crippen molar-refractivity contribution in [3.05, 3.63) is 40.7 Å². The van der Waals surface area contributed by atoms with Gasteiger partial charge in [-0.25, -0.2) is 4.98 Å². The lowest BCUT2D eigenvalue weighted by molar-refractivity contribution is 0.0980. The van der Waals surface area contributed by atoms with Crippen molar-refractivity contribution in [2.24, 2.45) is 0 Å². The summed E-state index contributed by atoms with van der Waals surface area (Å²) in [5.74, 6) is -0.284. The zero-order valence-electron chi connectivity index (χ0n) is 10.00. The van der Waals surface area contributed by atoms with Crippen LogP contribution in [0.1, 0.15) is 47.3 Å². The molecular weight excluding hydrogens is 202 g/mol. The van der Waals surface area contributed by atoms with Crippen molar-refractivity contribution < 1.29 is 9.59 Å². The molecule has 0 unspecified atom stereocenters. The smallest absolute Gasteiger partial charge is 0.207 e. The lowest BCUT2D eigenvalue weighted by Crippen LogP contribution is -2.17. The van der Waals surface area contributed by atoms with E-state index in [1.807, 2.05) is 13.8 Å². The third-order valence-corrected chi connectivity index (χ3v) is 2.22. The Morgan fingerprint density at radius 1 is 1.06 bits per heavy atom. The summed E-state index contributed by atoms with van der Waals surface area (Å²) in [4.78, 5) is 27.2. The van der Waals surface area contributed by atoms with Crippen LogP contribution in [0.25, 0.3) is 0 Å². The summed E-state index contributed by atoms with van der Waals surface area (Å²) in [5, 5.41) is 0. The average molecular weight is 217 g/mol. The maximum atomic E-state index is 11.6. The van der Waals surface area contributed by atoms with E-state index in [1.165, 1.54) is 6.08 Å². The van der Waals surface area contributed by atoms with Gasteiger partial charge in [0.2, 0.25) is 5.78 Å². The average Bonchev–Trinajstić information content (AvgIpc) is 2.28. The van der Waals surface area contributed by atoms with Gasteiger partial charge in [0.25, 0.3) is 0 Å². The van der Waals surface area contributed by atoms with Gasteiger partial charge in [-0.3, -0.25) is 9.59 Å². The molecule has 0 atom stereocenters. The van der Waals surface area contributed by atoms with Crippen molar-refractivity contribution >= 4 is 11.6 Å². The molecule has 0 N–H and O–H groups in total. The van der Waals surface area contributed by atoms with E-state index in [0.717, 1.165) is 5.69 Å². The third-order valence-electron chi connectivity index (χ3n) is 2.22. The second kappa shape index (κ2) is 4.84. The molecule has 1 aliphatic rings. The molecule has 1 aliphatic carbocycles. The van der Waals surface area contributed by atoms with E-state index >= 15 is 0 Å². The Balaban J connectivity index is 0.000000606. The summed E-state index contributed by atoms with van der Waals surface area (Å²) in [7, 11) is 0. The van der Waals surface area contributed by atoms with Crippen molar-refractivity contribution in [2.45, 2.75) is 27.7 Å². The van der Waals surface area contributed by atoms with E-state index < -0.39 is 0 Å². The maximum Gasteiger partial charge on any atom is 0.207 e. The van der Waals surface area contributed by atoms with Crippen molar-refractivity contribution in [1.29, 1.82) is 0 Å². The first-order chi connectivity index (χ1) is 7.59. The first-order valence-electron chi connectivity index (χ1n) is 5.34. The zero-order valence-corrected chi connectivity index (χ0v) is 10.00. The molecule has 1 aromatic heterocycles. The first-order valence-corrected chi connectivity index (χ1v) is 5.34. The number of rotatable bonds is 0. The number of carbonyl (C=O) groups is 2. The molecule has 84 valence electrons. The lowest BCUT2D eigenvalue weighted by Gasteiger charge is -2.11. The molecular formula is C13H15NO2. The predicted octanol–water partition coefficient (Wildman–Crippen LogP) is 2.74. The van der Waals surface area contributed by atoms with Crippen LogP contribution in [0.3, 0.4) is 0 Å². The Morgan fingerprint density at radius 2 is 1.69 bits per heavy atom. The highest BCUT2D eigenvalue weighted by Gasteiger charge is 2.24.